The van der Waals surface area contributed by atoms with Crippen LogP contribution in [-0.2, 0) is 27.1 Å². The van der Waals surface area contributed by atoms with E-state index in [1.165, 1.54) is 5.56 Å². The summed E-state index contributed by atoms with van der Waals surface area (Å²) in [5, 5.41) is 4.33. The lowest BCUT2D eigenvalue weighted by molar-refractivity contribution is 0.0648. The second kappa shape index (κ2) is 8.20. The van der Waals surface area contributed by atoms with E-state index in [9.17, 15) is 4.79 Å². The molecule has 0 spiro atoms. The summed E-state index contributed by atoms with van der Waals surface area (Å²) >= 11 is 0. The average molecular weight is 365 g/mol. The van der Waals surface area contributed by atoms with Gasteiger partial charge in [0.25, 0.3) is 5.91 Å². The number of benzene rings is 1. The summed E-state index contributed by atoms with van der Waals surface area (Å²) in [6.45, 7) is 4.48. The quantitative estimate of drug-likeness (QED) is 0.646. The lowest BCUT2D eigenvalue weighted by atomic mass is 10.0. The molecule has 2 aromatic heterocycles. The maximum atomic E-state index is 13.3. The van der Waals surface area contributed by atoms with Crippen LogP contribution in [0.2, 0.25) is 0 Å². The van der Waals surface area contributed by atoms with Crippen molar-refractivity contribution in [1.82, 2.24) is 24.2 Å². The van der Waals surface area contributed by atoms with E-state index in [1.54, 1.807) is 10.9 Å². The van der Waals surface area contributed by atoms with Crippen LogP contribution in [0.1, 0.15) is 40.9 Å². The molecule has 0 aliphatic rings. The van der Waals surface area contributed by atoms with Crippen LogP contribution >= 0.6 is 0 Å². The second-order valence-corrected chi connectivity index (χ2v) is 7.06. The van der Waals surface area contributed by atoms with Gasteiger partial charge in [-0.1, -0.05) is 30.3 Å². The molecule has 0 aliphatic carbocycles. The maximum absolute atomic E-state index is 13.3. The third kappa shape index (κ3) is 4.45. The maximum Gasteiger partial charge on any atom is 0.272 e. The molecule has 0 saturated carbocycles. The van der Waals surface area contributed by atoms with Crippen LogP contribution in [0.15, 0.2) is 48.8 Å². The average Bonchev–Trinajstić information content (AvgIpc) is 3.22. The van der Waals surface area contributed by atoms with Crippen LogP contribution in [0.5, 0.6) is 0 Å². The van der Waals surface area contributed by atoms with Crippen molar-refractivity contribution in [2.45, 2.75) is 39.3 Å². The lowest BCUT2D eigenvalue weighted by Gasteiger charge is -2.29. The number of imidazole rings is 1. The summed E-state index contributed by atoms with van der Waals surface area (Å²) in [7, 11) is 3.77. The summed E-state index contributed by atoms with van der Waals surface area (Å²) in [5.41, 5.74) is 2.73. The smallest absolute Gasteiger partial charge is 0.272 e. The third-order valence-corrected chi connectivity index (χ3v) is 4.94. The third-order valence-electron chi connectivity index (χ3n) is 4.94. The van der Waals surface area contributed by atoms with E-state index >= 15 is 0 Å². The van der Waals surface area contributed by atoms with Crippen LogP contribution in [0.4, 0.5) is 0 Å². The van der Waals surface area contributed by atoms with Crippen LogP contribution in [-0.4, -0.2) is 36.2 Å². The van der Waals surface area contributed by atoms with Gasteiger partial charge in [-0.25, -0.2) is 4.98 Å². The fraction of sp³-hybridized carbons (Fsp3) is 0.381. The summed E-state index contributed by atoms with van der Waals surface area (Å²) in [6, 6.07) is 12.3. The van der Waals surface area contributed by atoms with Crippen molar-refractivity contribution >= 4 is 5.91 Å². The zero-order valence-electron chi connectivity index (χ0n) is 16.5. The van der Waals surface area contributed by atoms with E-state index in [4.69, 9.17) is 0 Å². The Morgan fingerprint density at radius 1 is 1.22 bits per heavy atom. The van der Waals surface area contributed by atoms with Crippen molar-refractivity contribution in [3.05, 3.63) is 71.6 Å². The number of amides is 1. The van der Waals surface area contributed by atoms with Gasteiger partial charge in [-0.3, -0.25) is 9.48 Å². The van der Waals surface area contributed by atoms with Crippen molar-refractivity contribution in [3.63, 3.8) is 0 Å². The molecule has 142 valence electrons. The van der Waals surface area contributed by atoms with Crippen LogP contribution in [0.3, 0.4) is 0 Å². The van der Waals surface area contributed by atoms with Crippen LogP contribution in [0, 0.1) is 6.92 Å². The number of nitrogens with zero attached hydrogens (tertiary/aromatic N) is 5. The van der Waals surface area contributed by atoms with Crippen molar-refractivity contribution in [2.75, 3.05) is 0 Å². The Balaban J connectivity index is 1.81. The molecule has 2 heterocycles. The molecule has 1 amide bonds. The zero-order valence-corrected chi connectivity index (χ0v) is 16.5. The second-order valence-electron chi connectivity index (χ2n) is 7.06. The van der Waals surface area contributed by atoms with Gasteiger partial charge >= 0.3 is 0 Å². The van der Waals surface area contributed by atoms with Gasteiger partial charge in [0.2, 0.25) is 0 Å². The van der Waals surface area contributed by atoms with E-state index in [0.29, 0.717) is 12.2 Å². The minimum Gasteiger partial charge on any atom is -0.337 e. The van der Waals surface area contributed by atoms with Gasteiger partial charge in [-0.15, -0.1) is 0 Å². The highest BCUT2D eigenvalue weighted by molar-refractivity contribution is 5.92. The molecule has 1 atom stereocenters. The van der Waals surface area contributed by atoms with E-state index in [0.717, 1.165) is 24.4 Å². The molecule has 6 nitrogen and oxygen atoms in total. The van der Waals surface area contributed by atoms with E-state index in [1.807, 2.05) is 48.8 Å². The van der Waals surface area contributed by atoms with E-state index < -0.39 is 0 Å². The summed E-state index contributed by atoms with van der Waals surface area (Å²) < 4.78 is 3.62. The molecule has 0 fully saturated rings. The predicted molar refractivity (Wildman–Crippen MR) is 105 cm³/mol. The molecule has 0 radical (unpaired) electrons. The summed E-state index contributed by atoms with van der Waals surface area (Å²) in [5.74, 6) is 0.857. The van der Waals surface area contributed by atoms with Crippen molar-refractivity contribution in [1.29, 1.82) is 0 Å². The highest BCUT2D eigenvalue weighted by Gasteiger charge is 2.25. The molecule has 3 aromatic rings. The zero-order chi connectivity index (χ0) is 19.4. The number of aromatic nitrogens is 4. The fourth-order valence-electron chi connectivity index (χ4n) is 3.26. The number of carbonyl (C=O) groups is 1. The summed E-state index contributed by atoms with van der Waals surface area (Å²) in [6.07, 6.45) is 5.48. The SMILES string of the molecule is Cc1cc(C(=O)N(Cc2nccn2C)[C@H](C)CCc2ccccc2)n(C)n1. The van der Waals surface area contributed by atoms with Gasteiger partial charge in [0.05, 0.1) is 12.2 Å². The van der Waals surface area contributed by atoms with Gasteiger partial charge in [0.1, 0.15) is 11.5 Å². The molecular weight excluding hydrogens is 338 g/mol. The first kappa shape index (κ1) is 18.9. The number of rotatable bonds is 7. The predicted octanol–water partition coefficient (Wildman–Crippen LogP) is 3.13. The largest absolute Gasteiger partial charge is 0.337 e. The highest BCUT2D eigenvalue weighted by Crippen LogP contribution is 2.17. The minimum absolute atomic E-state index is 0.0124. The van der Waals surface area contributed by atoms with Crippen molar-refractivity contribution in [2.24, 2.45) is 14.1 Å². The molecule has 0 aliphatic heterocycles. The standard InChI is InChI=1S/C21H27N5O/c1-16-14-19(25(4)23-16)21(27)26(15-20-22-12-13-24(20)3)17(2)10-11-18-8-6-5-7-9-18/h5-9,12-14,17H,10-11,15H2,1-4H3/t17-/m1/s1. The molecule has 0 saturated heterocycles. The van der Waals surface area contributed by atoms with Crippen molar-refractivity contribution in [3.8, 4) is 0 Å². The first-order chi connectivity index (χ1) is 13.0. The Morgan fingerprint density at radius 2 is 1.96 bits per heavy atom. The minimum atomic E-state index is -0.0124. The molecule has 6 heteroatoms. The highest BCUT2D eigenvalue weighted by atomic mass is 16.2. The van der Waals surface area contributed by atoms with E-state index in [-0.39, 0.29) is 11.9 Å². The molecule has 0 bridgehead atoms. The number of hydrogen-bond acceptors (Lipinski definition) is 3. The number of hydrogen-bond donors (Lipinski definition) is 0. The van der Waals surface area contributed by atoms with Crippen molar-refractivity contribution < 1.29 is 4.79 Å². The molecule has 0 N–H and O–H groups in total. The van der Waals surface area contributed by atoms with Gasteiger partial charge in [0.15, 0.2) is 0 Å². The van der Waals surface area contributed by atoms with Gasteiger partial charge < -0.3 is 9.47 Å². The Labute approximate surface area is 160 Å². The molecule has 27 heavy (non-hydrogen) atoms. The molecular formula is C21H27N5O. The van der Waals surface area contributed by atoms with Gasteiger partial charge in [-0.2, -0.15) is 5.10 Å². The fourth-order valence-corrected chi connectivity index (χ4v) is 3.26. The number of aryl methyl sites for hydroxylation is 4. The molecule has 1 aromatic carbocycles. The lowest BCUT2D eigenvalue weighted by Crippen LogP contribution is -2.40. The Bertz CT molecular complexity index is 896. The van der Waals surface area contributed by atoms with Gasteiger partial charge in [0, 0.05) is 32.5 Å². The number of carbonyl (C=O) groups excluding carboxylic acids is 1. The first-order valence-corrected chi connectivity index (χ1v) is 9.27. The normalized spacial score (nSPS) is 12.1. The Hall–Kier alpha value is -2.89. The van der Waals surface area contributed by atoms with Gasteiger partial charge in [-0.05, 0) is 38.3 Å². The topological polar surface area (TPSA) is 56.0 Å². The summed E-state index contributed by atoms with van der Waals surface area (Å²) in [4.78, 5) is 19.6. The first-order valence-electron chi connectivity index (χ1n) is 9.27. The Morgan fingerprint density at radius 3 is 2.56 bits per heavy atom. The van der Waals surface area contributed by atoms with E-state index in [2.05, 4.69) is 41.3 Å². The van der Waals surface area contributed by atoms with Crippen LogP contribution in [0.25, 0.3) is 0 Å². The van der Waals surface area contributed by atoms with Crippen LogP contribution < -0.4 is 0 Å². The monoisotopic (exact) mass is 365 g/mol. The Kier molecular flexibility index (Phi) is 5.74. The molecule has 0 unspecified atom stereocenters. The molecule has 3 rings (SSSR count).